The molecule has 1 spiro atoms. The summed E-state index contributed by atoms with van der Waals surface area (Å²) in [6.07, 6.45) is 1.90. The molecule has 0 amide bonds. The Bertz CT molecular complexity index is 2100. The predicted octanol–water partition coefficient (Wildman–Crippen LogP) is 9.42. The molecule has 44 heavy (non-hydrogen) atoms. The van der Waals surface area contributed by atoms with Gasteiger partial charge in [-0.3, -0.25) is 0 Å². The summed E-state index contributed by atoms with van der Waals surface area (Å²) >= 11 is 0. The third kappa shape index (κ3) is 3.78. The van der Waals surface area contributed by atoms with Crippen LogP contribution >= 0.6 is 0 Å². The molecule has 4 heteroatoms. The summed E-state index contributed by atoms with van der Waals surface area (Å²) in [6, 6.07) is 37.1. The average molecular weight is 577 g/mol. The van der Waals surface area contributed by atoms with Gasteiger partial charge in [0, 0.05) is 22.1 Å². The van der Waals surface area contributed by atoms with Gasteiger partial charge in [-0.1, -0.05) is 66.7 Å². The molecule has 2 heterocycles. The topological polar surface area (TPSA) is 36.9 Å². The second-order valence-corrected chi connectivity index (χ2v) is 12.0. The molecule has 0 radical (unpaired) electrons. The summed E-state index contributed by atoms with van der Waals surface area (Å²) in [4.78, 5) is 0. The van der Waals surface area contributed by atoms with Crippen molar-refractivity contribution >= 4 is 21.5 Å². The fourth-order valence-electron chi connectivity index (χ4n) is 7.43. The summed E-state index contributed by atoms with van der Waals surface area (Å²) in [5.74, 6) is 0.968. The van der Waals surface area contributed by atoms with E-state index in [-0.39, 0.29) is 0 Å². The number of hydrogen-bond donors (Lipinski definition) is 0. The van der Waals surface area contributed by atoms with Crippen LogP contribution < -0.4 is 9.47 Å². The molecular formula is C40H32O4. The predicted molar refractivity (Wildman–Crippen MR) is 175 cm³/mol. The lowest BCUT2D eigenvalue weighted by Gasteiger charge is -2.36. The summed E-state index contributed by atoms with van der Waals surface area (Å²) < 4.78 is 25.6. The Kier molecular flexibility index (Phi) is 5.84. The fourth-order valence-corrected chi connectivity index (χ4v) is 7.43. The SMILES string of the molecule is Cc1ccc2c3c(cc(-c4cc5c6c(cccc6c4)OCCCCOc4ccccc4-5)cc13)-c1ccccc1C21OCCO1. The minimum absolute atomic E-state index is 0.577. The molecule has 0 atom stereocenters. The molecule has 0 N–H and O–H groups in total. The quantitative estimate of drug-likeness (QED) is 0.195. The van der Waals surface area contributed by atoms with Gasteiger partial charge in [0.05, 0.1) is 26.4 Å². The van der Waals surface area contributed by atoms with Crippen LogP contribution in [0, 0.1) is 6.92 Å². The van der Waals surface area contributed by atoms with Crippen LogP contribution in [0.25, 0.3) is 54.9 Å². The van der Waals surface area contributed by atoms with E-state index < -0.39 is 5.79 Å². The van der Waals surface area contributed by atoms with Crippen molar-refractivity contribution in [2.45, 2.75) is 25.6 Å². The molecule has 216 valence electrons. The molecule has 1 aliphatic carbocycles. The Morgan fingerprint density at radius 3 is 2.05 bits per heavy atom. The highest BCUT2D eigenvalue weighted by Gasteiger charge is 2.46. The summed E-state index contributed by atoms with van der Waals surface area (Å²) in [5.41, 5.74) is 10.3. The largest absolute Gasteiger partial charge is 0.493 e. The van der Waals surface area contributed by atoms with Crippen molar-refractivity contribution < 1.29 is 18.9 Å². The van der Waals surface area contributed by atoms with Crippen LogP contribution in [0.4, 0.5) is 0 Å². The van der Waals surface area contributed by atoms with Gasteiger partial charge in [-0.2, -0.15) is 0 Å². The first-order valence-electron chi connectivity index (χ1n) is 15.6. The number of benzene rings is 6. The van der Waals surface area contributed by atoms with Crippen molar-refractivity contribution in [3.05, 3.63) is 120 Å². The number of ether oxygens (including phenoxy) is 4. The van der Waals surface area contributed by atoms with Crippen LogP contribution in [0.5, 0.6) is 11.5 Å². The number of rotatable bonds is 1. The summed E-state index contributed by atoms with van der Waals surface area (Å²) in [6.45, 7) is 4.69. The van der Waals surface area contributed by atoms with E-state index in [1.807, 2.05) is 0 Å². The van der Waals surface area contributed by atoms with Gasteiger partial charge >= 0.3 is 0 Å². The highest BCUT2D eigenvalue weighted by molar-refractivity contribution is 6.09. The van der Waals surface area contributed by atoms with Gasteiger partial charge in [-0.25, -0.2) is 0 Å². The lowest BCUT2D eigenvalue weighted by molar-refractivity contribution is -0.128. The molecule has 0 saturated carbocycles. The molecule has 0 unspecified atom stereocenters. The van der Waals surface area contributed by atoms with Crippen LogP contribution in [0.15, 0.2) is 103 Å². The molecule has 2 aliphatic heterocycles. The summed E-state index contributed by atoms with van der Waals surface area (Å²) in [5, 5.41) is 4.70. The number of para-hydroxylation sites is 1. The van der Waals surface area contributed by atoms with Gasteiger partial charge in [0.25, 0.3) is 0 Å². The smallest absolute Gasteiger partial charge is 0.223 e. The van der Waals surface area contributed by atoms with Crippen molar-refractivity contribution in [1.29, 1.82) is 0 Å². The van der Waals surface area contributed by atoms with Crippen LogP contribution in [0.2, 0.25) is 0 Å². The lowest BCUT2D eigenvalue weighted by atomic mass is 9.77. The van der Waals surface area contributed by atoms with Crippen molar-refractivity contribution in [3.63, 3.8) is 0 Å². The van der Waals surface area contributed by atoms with Gasteiger partial charge in [-0.05, 0) is 106 Å². The fraction of sp³-hybridized carbons (Fsp3) is 0.200. The Morgan fingerprint density at radius 1 is 0.523 bits per heavy atom. The van der Waals surface area contributed by atoms with Crippen LogP contribution in [0.3, 0.4) is 0 Å². The van der Waals surface area contributed by atoms with E-state index in [0.29, 0.717) is 26.4 Å². The average Bonchev–Trinajstić information content (AvgIpc) is 3.55. The molecule has 9 rings (SSSR count). The summed E-state index contributed by atoms with van der Waals surface area (Å²) in [7, 11) is 0. The minimum atomic E-state index is -0.864. The molecule has 0 aromatic heterocycles. The van der Waals surface area contributed by atoms with E-state index in [2.05, 4.69) is 110 Å². The molecule has 1 saturated heterocycles. The Morgan fingerprint density at radius 2 is 1.20 bits per heavy atom. The standard InChI is InChI=1S/C40H32O4/c1-25-15-16-35-39-31(25)22-28(24-32(39)29-10-2-4-12-34(29)40(35)43-19-20-44-40)27-21-26-9-8-14-37-38(26)33(23-27)30-11-3-5-13-36(30)41-17-6-7-18-42-37/h2-5,8-16,21-24H,6-7,17-20H2,1H3. The molecule has 3 aliphatic rings. The van der Waals surface area contributed by atoms with E-state index in [9.17, 15) is 0 Å². The van der Waals surface area contributed by atoms with Crippen molar-refractivity contribution in [2.24, 2.45) is 0 Å². The molecule has 0 bridgehead atoms. The first-order valence-corrected chi connectivity index (χ1v) is 15.6. The van der Waals surface area contributed by atoms with Crippen LogP contribution in [0.1, 0.15) is 29.5 Å². The Balaban J connectivity index is 1.34. The van der Waals surface area contributed by atoms with E-state index in [1.54, 1.807) is 0 Å². The first-order chi connectivity index (χ1) is 21.7. The molecule has 6 aromatic rings. The first kappa shape index (κ1) is 25.8. The normalized spacial score (nSPS) is 16.6. The maximum atomic E-state index is 6.44. The zero-order chi connectivity index (χ0) is 29.3. The van der Waals surface area contributed by atoms with Gasteiger partial charge < -0.3 is 18.9 Å². The van der Waals surface area contributed by atoms with E-state index in [4.69, 9.17) is 18.9 Å². The van der Waals surface area contributed by atoms with Gasteiger partial charge in [0.15, 0.2) is 0 Å². The minimum Gasteiger partial charge on any atom is -0.493 e. The monoisotopic (exact) mass is 576 g/mol. The molecular weight excluding hydrogens is 544 g/mol. The maximum Gasteiger partial charge on any atom is 0.223 e. The number of hydrogen-bond acceptors (Lipinski definition) is 4. The zero-order valence-electron chi connectivity index (χ0n) is 24.7. The third-order valence-electron chi connectivity index (χ3n) is 9.46. The second kappa shape index (κ2) is 9.95. The van der Waals surface area contributed by atoms with Crippen LogP contribution in [-0.2, 0) is 15.3 Å². The van der Waals surface area contributed by atoms with Crippen molar-refractivity contribution in [2.75, 3.05) is 26.4 Å². The molecule has 1 fully saturated rings. The van der Waals surface area contributed by atoms with Crippen LogP contribution in [-0.4, -0.2) is 26.4 Å². The zero-order valence-corrected chi connectivity index (χ0v) is 24.7. The Labute approximate surface area is 256 Å². The third-order valence-corrected chi connectivity index (χ3v) is 9.46. The Hall–Kier alpha value is -4.64. The second-order valence-electron chi connectivity index (χ2n) is 12.0. The number of fused-ring (bicyclic) bond motifs is 6. The number of aryl methyl sites for hydroxylation is 1. The molecule has 6 aromatic carbocycles. The van der Waals surface area contributed by atoms with E-state index in [1.165, 1.54) is 27.5 Å². The van der Waals surface area contributed by atoms with E-state index >= 15 is 0 Å². The van der Waals surface area contributed by atoms with Gasteiger partial charge in [-0.15, -0.1) is 0 Å². The molecule has 4 nitrogen and oxygen atoms in total. The van der Waals surface area contributed by atoms with Crippen molar-refractivity contribution in [1.82, 2.24) is 0 Å². The maximum absolute atomic E-state index is 6.44. The lowest BCUT2D eigenvalue weighted by Crippen LogP contribution is -2.32. The van der Waals surface area contributed by atoms with Crippen molar-refractivity contribution in [3.8, 4) is 44.9 Å². The highest BCUT2D eigenvalue weighted by Crippen LogP contribution is 2.53. The highest BCUT2D eigenvalue weighted by atomic mass is 16.7. The van der Waals surface area contributed by atoms with Gasteiger partial charge in [0.2, 0.25) is 5.79 Å². The van der Waals surface area contributed by atoms with E-state index in [0.717, 1.165) is 68.5 Å². The van der Waals surface area contributed by atoms with Gasteiger partial charge in [0.1, 0.15) is 11.5 Å².